The summed E-state index contributed by atoms with van der Waals surface area (Å²) in [6.45, 7) is 2.27. The molecule has 0 aliphatic carbocycles. The van der Waals surface area contributed by atoms with Crippen molar-refractivity contribution in [2.24, 2.45) is 0 Å². The first-order chi connectivity index (χ1) is 4.84. The molecule has 54 valence electrons. The van der Waals surface area contributed by atoms with Gasteiger partial charge in [-0.1, -0.05) is 5.16 Å². The second-order valence-electron chi connectivity index (χ2n) is 1.77. The Balaban J connectivity index is 2.50. The maximum Gasteiger partial charge on any atom is 0.496 e. The molecule has 0 aliphatic heterocycles. The van der Waals surface area contributed by atoms with Crippen molar-refractivity contribution in [2.75, 3.05) is 6.61 Å². The van der Waals surface area contributed by atoms with Gasteiger partial charge < -0.3 is 14.2 Å². The molecule has 0 atom stereocenters. The lowest BCUT2D eigenvalue weighted by atomic mass is 9.82. The maximum absolute atomic E-state index is 9.09. The minimum Gasteiger partial charge on any atom is -0.423 e. The van der Waals surface area contributed by atoms with Crippen molar-refractivity contribution in [2.45, 2.75) is 6.92 Å². The summed E-state index contributed by atoms with van der Waals surface area (Å²) in [5.41, 5.74) is 0.543. The number of aromatic nitrogens is 1. The Labute approximate surface area is 58.9 Å². The van der Waals surface area contributed by atoms with Crippen molar-refractivity contribution in [1.82, 2.24) is 5.16 Å². The van der Waals surface area contributed by atoms with E-state index < -0.39 is 7.12 Å². The highest BCUT2D eigenvalue weighted by Crippen LogP contribution is 1.84. The van der Waals surface area contributed by atoms with Crippen LogP contribution in [0.25, 0.3) is 0 Å². The van der Waals surface area contributed by atoms with E-state index in [1.807, 2.05) is 0 Å². The predicted molar refractivity (Wildman–Crippen MR) is 35.7 cm³/mol. The normalized spacial score (nSPS) is 9.80. The van der Waals surface area contributed by atoms with Gasteiger partial charge in [-0.15, -0.1) is 0 Å². The van der Waals surface area contributed by atoms with Gasteiger partial charge in [-0.3, -0.25) is 0 Å². The quantitative estimate of drug-likeness (QED) is 0.571. The summed E-state index contributed by atoms with van der Waals surface area (Å²) in [6, 6.07) is 0. The second kappa shape index (κ2) is 3.38. The summed E-state index contributed by atoms with van der Waals surface area (Å²) < 4.78 is 9.33. The fourth-order valence-corrected chi connectivity index (χ4v) is 0.589. The molecule has 1 aromatic rings. The van der Waals surface area contributed by atoms with Crippen LogP contribution in [0.4, 0.5) is 0 Å². The largest absolute Gasteiger partial charge is 0.496 e. The average Bonchev–Trinajstić information content (AvgIpc) is 2.38. The minimum atomic E-state index is -0.906. The third-order valence-electron chi connectivity index (χ3n) is 1.06. The summed E-state index contributed by atoms with van der Waals surface area (Å²) in [6.07, 6.45) is 2.76. The highest BCUT2D eigenvalue weighted by atomic mass is 16.5. The Bertz CT molecular complexity index is 177. The third-order valence-corrected chi connectivity index (χ3v) is 1.06. The summed E-state index contributed by atoms with van der Waals surface area (Å²) in [5.74, 6) is 0. The van der Waals surface area contributed by atoms with Crippen LogP contribution in [0.1, 0.15) is 6.92 Å². The zero-order valence-electron chi connectivity index (χ0n) is 5.65. The van der Waals surface area contributed by atoms with Crippen molar-refractivity contribution in [3.05, 3.63) is 12.5 Å². The molecule has 10 heavy (non-hydrogen) atoms. The fourth-order valence-electron chi connectivity index (χ4n) is 0.589. The van der Waals surface area contributed by atoms with Crippen LogP contribution >= 0.6 is 0 Å². The number of hydrogen-bond acceptors (Lipinski definition) is 4. The van der Waals surface area contributed by atoms with E-state index in [9.17, 15) is 0 Å². The Morgan fingerprint density at radius 1 is 1.90 bits per heavy atom. The molecule has 5 heteroatoms. The van der Waals surface area contributed by atoms with Gasteiger partial charge in [0.15, 0.2) is 0 Å². The molecular formula is C5H8BNO3. The predicted octanol–water partition coefficient (Wildman–Crippen LogP) is -0.601. The Morgan fingerprint density at radius 2 is 2.70 bits per heavy atom. The van der Waals surface area contributed by atoms with Crippen LogP contribution < -0.4 is 5.46 Å². The van der Waals surface area contributed by atoms with E-state index in [4.69, 9.17) is 9.68 Å². The fraction of sp³-hybridized carbons (Fsp3) is 0.400. The van der Waals surface area contributed by atoms with Gasteiger partial charge in [0.05, 0.1) is 6.20 Å². The molecule has 0 amide bonds. The molecule has 1 heterocycles. The smallest absolute Gasteiger partial charge is 0.423 e. The van der Waals surface area contributed by atoms with Crippen molar-refractivity contribution in [3.63, 3.8) is 0 Å². The number of rotatable bonds is 3. The zero-order valence-corrected chi connectivity index (χ0v) is 5.65. The summed E-state index contributed by atoms with van der Waals surface area (Å²) in [4.78, 5) is 0. The molecule has 0 aliphatic rings. The summed E-state index contributed by atoms with van der Waals surface area (Å²) >= 11 is 0. The number of nitrogens with zero attached hydrogens (tertiary/aromatic N) is 1. The highest BCUT2D eigenvalue weighted by molar-refractivity contribution is 6.59. The van der Waals surface area contributed by atoms with Crippen molar-refractivity contribution in [1.29, 1.82) is 0 Å². The van der Waals surface area contributed by atoms with E-state index in [0.29, 0.717) is 12.1 Å². The molecule has 0 fully saturated rings. The second-order valence-corrected chi connectivity index (χ2v) is 1.77. The monoisotopic (exact) mass is 141 g/mol. The lowest BCUT2D eigenvalue weighted by molar-refractivity contribution is 0.287. The number of hydrogen-bond donors (Lipinski definition) is 1. The molecule has 1 aromatic heterocycles. The van der Waals surface area contributed by atoms with Gasteiger partial charge in [-0.05, 0) is 6.92 Å². The molecule has 0 unspecified atom stereocenters. The lowest BCUT2D eigenvalue weighted by Crippen LogP contribution is -2.32. The standard InChI is InChI=1S/C5H8BNO3/c1-2-9-6(8)5-3-7-10-4-5/h3-4,8H,2H2,1H3. The van der Waals surface area contributed by atoms with E-state index in [-0.39, 0.29) is 0 Å². The van der Waals surface area contributed by atoms with Crippen LogP contribution in [0.2, 0.25) is 0 Å². The minimum absolute atomic E-state index is 0.465. The maximum atomic E-state index is 9.09. The van der Waals surface area contributed by atoms with Crippen LogP contribution in [-0.2, 0) is 4.65 Å². The molecule has 0 radical (unpaired) electrons. The van der Waals surface area contributed by atoms with Crippen LogP contribution in [0.15, 0.2) is 17.0 Å². The van der Waals surface area contributed by atoms with Gasteiger partial charge in [0.1, 0.15) is 6.26 Å². The van der Waals surface area contributed by atoms with Crippen molar-refractivity contribution >= 4 is 12.6 Å². The first-order valence-electron chi connectivity index (χ1n) is 3.03. The molecule has 1 N–H and O–H groups in total. The Kier molecular flexibility index (Phi) is 2.47. The van der Waals surface area contributed by atoms with Crippen molar-refractivity contribution < 1.29 is 14.2 Å². The first-order valence-corrected chi connectivity index (χ1v) is 3.03. The molecule has 0 spiro atoms. The van der Waals surface area contributed by atoms with Crippen LogP contribution in [0, 0.1) is 0 Å². The van der Waals surface area contributed by atoms with Crippen LogP contribution in [0.5, 0.6) is 0 Å². The first kappa shape index (κ1) is 7.30. The Morgan fingerprint density at radius 3 is 3.20 bits per heavy atom. The van der Waals surface area contributed by atoms with E-state index in [1.165, 1.54) is 12.5 Å². The molecule has 0 saturated carbocycles. The van der Waals surface area contributed by atoms with Crippen molar-refractivity contribution in [3.8, 4) is 0 Å². The van der Waals surface area contributed by atoms with E-state index in [2.05, 4.69) is 9.68 Å². The SMILES string of the molecule is CCOB(O)c1cnoc1. The van der Waals surface area contributed by atoms with Gasteiger partial charge in [-0.25, -0.2) is 0 Å². The van der Waals surface area contributed by atoms with Gasteiger partial charge in [0, 0.05) is 12.1 Å². The van der Waals surface area contributed by atoms with E-state index >= 15 is 0 Å². The molecular weight excluding hydrogens is 133 g/mol. The topological polar surface area (TPSA) is 55.5 Å². The zero-order chi connectivity index (χ0) is 7.40. The molecule has 0 saturated heterocycles. The molecule has 0 aromatic carbocycles. The third kappa shape index (κ3) is 1.59. The van der Waals surface area contributed by atoms with Gasteiger partial charge in [0.2, 0.25) is 0 Å². The van der Waals surface area contributed by atoms with E-state index in [0.717, 1.165) is 0 Å². The molecule has 1 rings (SSSR count). The average molecular weight is 141 g/mol. The summed E-state index contributed by atoms with van der Waals surface area (Å²) in [7, 11) is -0.906. The molecule has 4 nitrogen and oxygen atoms in total. The van der Waals surface area contributed by atoms with Gasteiger partial charge in [0.25, 0.3) is 0 Å². The van der Waals surface area contributed by atoms with Gasteiger partial charge >= 0.3 is 7.12 Å². The Hall–Kier alpha value is -0.805. The van der Waals surface area contributed by atoms with Crippen LogP contribution in [-0.4, -0.2) is 23.9 Å². The lowest BCUT2D eigenvalue weighted by Gasteiger charge is -1.99. The van der Waals surface area contributed by atoms with Gasteiger partial charge in [-0.2, -0.15) is 0 Å². The van der Waals surface area contributed by atoms with Crippen LogP contribution in [0.3, 0.4) is 0 Å². The molecule has 0 bridgehead atoms. The highest BCUT2D eigenvalue weighted by Gasteiger charge is 2.16. The van der Waals surface area contributed by atoms with E-state index in [1.54, 1.807) is 6.92 Å². The summed E-state index contributed by atoms with van der Waals surface area (Å²) in [5, 5.41) is 12.5.